The lowest BCUT2D eigenvalue weighted by atomic mass is 10.1. The molecule has 2 aliphatic heterocycles. The molecule has 0 aromatic heterocycles. The number of ether oxygens (including phenoxy) is 1. The van der Waals surface area contributed by atoms with Crippen LogP contribution in [0.25, 0.3) is 0 Å². The normalized spacial score (nSPS) is 31.5. The van der Waals surface area contributed by atoms with Crippen molar-refractivity contribution in [2.24, 2.45) is 0 Å². The molecule has 0 saturated carbocycles. The van der Waals surface area contributed by atoms with Gasteiger partial charge in [0.15, 0.2) is 0 Å². The van der Waals surface area contributed by atoms with Crippen LogP contribution in [-0.2, 0) is 9.53 Å². The summed E-state index contributed by atoms with van der Waals surface area (Å²) >= 11 is 0. The minimum atomic E-state index is 0.0357. The van der Waals surface area contributed by atoms with Gasteiger partial charge in [-0.25, -0.2) is 0 Å². The average Bonchev–Trinajstić information content (AvgIpc) is 2.81. The number of nitrogens with one attached hydrogen (secondary N) is 2. The predicted molar refractivity (Wildman–Crippen MR) is 57.6 cm³/mol. The van der Waals surface area contributed by atoms with Crippen molar-refractivity contribution in [3.63, 3.8) is 0 Å². The van der Waals surface area contributed by atoms with Gasteiger partial charge in [-0.15, -0.1) is 0 Å². The quantitative estimate of drug-likeness (QED) is 0.713. The first-order chi connectivity index (χ1) is 7.36. The summed E-state index contributed by atoms with van der Waals surface area (Å²) in [7, 11) is 0. The van der Waals surface area contributed by atoms with Gasteiger partial charge >= 0.3 is 0 Å². The van der Waals surface area contributed by atoms with Crippen molar-refractivity contribution in [2.75, 3.05) is 19.7 Å². The molecule has 0 aliphatic carbocycles. The Morgan fingerprint density at radius 1 is 1.33 bits per heavy atom. The van der Waals surface area contributed by atoms with Crippen LogP contribution < -0.4 is 10.6 Å². The first kappa shape index (κ1) is 10.9. The number of rotatable bonds is 3. The Balaban J connectivity index is 1.65. The molecule has 2 atom stereocenters. The van der Waals surface area contributed by atoms with E-state index in [1.807, 2.05) is 0 Å². The number of hydrogen-bond acceptors (Lipinski definition) is 3. The Labute approximate surface area is 90.8 Å². The highest BCUT2D eigenvalue weighted by molar-refractivity contribution is 5.81. The molecule has 0 aromatic carbocycles. The van der Waals surface area contributed by atoms with Crippen LogP contribution in [0.3, 0.4) is 0 Å². The van der Waals surface area contributed by atoms with Crippen LogP contribution in [0.4, 0.5) is 0 Å². The van der Waals surface area contributed by atoms with Gasteiger partial charge in [0.25, 0.3) is 0 Å². The third-order valence-corrected chi connectivity index (χ3v) is 3.15. The van der Waals surface area contributed by atoms with Gasteiger partial charge in [-0.05, 0) is 38.6 Å². The average molecular weight is 212 g/mol. The summed E-state index contributed by atoms with van der Waals surface area (Å²) < 4.78 is 5.56. The monoisotopic (exact) mass is 212 g/mol. The summed E-state index contributed by atoms with van der Waals surface area (Å²) in [4.78, 5) is 11.7. The van der Waals surface area contributed by atoms with Gasteiger partial charge in [-0.2, -0.15) is 0 Å². The van der Waals surface area contributed by atoms with Crippen molar-refractivity contribution >= 4 is 5.91 Å². The number of carbonyl (C=O) groups is 1. The summed E-state index contributed by atoms with van der Waals surface area (Å²) in [5.74, 6) is 0.140. The fourth-order valence-corrected chi connectivity index (χ4v) is 2.21. The van der Waals surface area contributed by atoms with Crippen LogP contribution in [0.2, 0.25) is 0 Å². The number of carbonyl (C=O) groups excluding carboxylic acids is 1. The maximum absolute atomic E-state index is 11.7. The van der Waals surface area contributed by atoms with E-state index in [-0.39, 0.29) is 18.1 Å². The Hall–Kier alpha value is -0.610. The Morgan fingerprint density at radius 2 is 2.27 bits per heavy atom. The number of amides is 1. The Kier molecular flexibility index (Phi) is 3.97. The summed E-state index contributed by atoms with van der Waals surface area (Å²) in [5.41, 5.74) is 0. The van der Waals surface area contributed by atoms with Gasteiger partial charge in [0.2, 0.25) is 5.91 Å². The highest BCUT2D eigenvalue weighted by Gasteiger charge is 2.23. The molecular weight excluding hydrogens is 192 g/mol. The lowest BCUT2D eigenvalue weighted by Gasteiger charge is -2.23. The van der Waals surface area contributed by atoms with Gasteiger partial charge < -0.3 is 15.4 Å². The maximum atomic E-state index is 11.7. The molecule has 15 heavy (non-hydrogen) atoms. The number of hydrogen-bond donors (Lipinski definition) is 2. The van der Waals surface area contributed by atoms with E-state index in [0.717, 1.165) is 38.8 Å². The largest absolute Gasteiger partial charge is 0.376 e. The van der Waals surface area contributed by atoms with Crippen LogP contribution >= 0.6 is 0 Å². The van der Waals surface area contributed by atoms with E-state index in [2.05, 4.69) is 10.6 Å². The maximum Gasteiger partial charge on any atom is 0.237 e. The van der Waals surface area contributed by atoms with Gasteiger partial charge in [-0.1, -0.05) is 0 Å². The van der Waals surface area contributed by atoms with Crippen LogP contribution in [0.15, 0.2) is 0 Å². The van der Waals surface area contributed by atoms with Gasteiger partial charge in [0.05, 0.1) is 12.1 Å². The molecule has 2 heterocycles. The van der Waals surface area contributed by atoms with E-state index in [4.69, 9.17) is 4.74 Å². The molecule has 4 heteroatoms. The van der Waals surface area contributed by atoms with E-state index in [9.17, 15) is 4.79 Å². The van der Waals surface area contributed by atoms with E-state index in [1.54, 1.807) is 0 Å². The third-order valence-electron chi connectivity index (χ3n) is 3.15. The molecule has 86 valence electrons. The molecule has 4 nitrogen and oxygen atoms in total. The molecule has 0 bridgehead atoms. The van der Waals surface area contributed by atoms with Crippen LogP contribution in [-0.4, -0.2) is 37.7 Å². The topological polar surface area (TPSA) is 50.4 Å². The molecule has 0 aromatic rings. The van der Waals surface area contributed by atoms with E-state index in [0.29, 0.717) is 6.54 Å². The SMILES string of the molecule is O=C(NCC1CCCCO1)C1CCCN1. The first-order valence-corrected chi connectivity index (χ1v) is 5.99. The highest BCUT2D eigenvalue weighted by Crippen LogP contribution is 2.12. The van der Waals surface area contributed by atoms with Crippen molar-refractivity contribution in [3.8, 4) is 0 Å². The molecule has 2 unspecified atom stereocenters. The zero-order valence-electron chi connectivity index (χ0n) is 9.13. The van der Waals surface area contributed by atoms with Crippen molar-refractivity contribution in [3.05, 3.63) is 0 Å². The minimum absolute atomic E-state index is 0.0357. The first-order valence-electron chi connectivity index (χ1n) is 5.99. The predicted octanol–water partition coefficient (Wildman–Crippen LogP) is 0.424. The van der Waals surface area contributed by atoms with Crippen LogP contribution in [0, 0.1) is 0 Å². The lowest BCUT2D eigenvalue weighted by molar-refractivity contribution is -0.123. The second-order valence-corrected chi connectivity index (χ2v) is 4.38. The minimum Gasteiger partial charge on any atom is -0.376 e. The summed E-state index contributed by atoms with van der Waals surface area (Å²) in [6.45, 7) is 2.50. The van der Waals surface area contributed by atoms with E-state index >= 15 is 0 Å². The third kappa shape index (κ3) is 3.18. The zero-order valence-corrected chi connectivity index (χ0v) is 9.13. The van der Waals surface area contributed by atoms with Crippen molar-refractivity contribution in [1.29, 1.82) is 0 Å². The zero-order chi connectivity index (χ0) is 10.5. The van der Waals surface area contributed by atoms with Gasteiger partial charge in [-0.3, -0.25) is 4.79 Å². The molecular formula is C11H20N2O2. The fourth-order valence-electron chi connectivity index (χ4n) is 2.21. The molecule has 2 aliphatic rings. The Bertz CT molecular complexity index is 209. The van der Waals surface area contributed by atoms with Crippen molar-refractivity contribution in [1.82, 2.24) is 10.6 Å². The molecule has 0 spiro atoms. The van der Waals surface area contributed by atoms with Crippen LogP contribution in [0.1, 0.15) is 32.1 Å². The smallest absolute Gasteiger partial charge is 0.237 e. The van der Waals surface area contributed by atoms with Gasteiger partial charge in [0, 0.05) is 13.2 Å². The molecule has 2 fully saturated rings. The molecule has 2 saturated heterocycles. The molecule has 0 radical (unpaired) electrons. The standard InChI is InChI=1S/C11H20N2O2/c14-11(10-5-3-6-12-10)13-8-9-4-1-2-7-15-9/h9-10,12H,1-8H2,(H,13,14). The lowest BCUT2D eigenvalue weighted by Crippen LogP contribution is -2.44. The van der Waals surface area contributed by atoms with Crippen LogP contribution in [0.5, 0.6) is 0 Å². The second kappa shape index (κ2) is 5.47. The van der Waals surface area contributed by atoms with Crippen molar-refractivity contribution in [2.45, 2.75) is 44.2 Å². The summed E-state index contributed by atoms with van der Waals surface area (Å²) in [6, 6.07) is 0.0357. The fraction of sp³-hybridized carbons (Fsp3) is 0.909. The summed E-state index contributed by atoms with van der Waals surface area (Å²) in [6.07, 6.45) is 5.79. The molecule has 1 amide bonds. The highest BCUT2D eigenvalue weighted by atomic mass is 16.5. The summed E-state index contributed by atoms with van der Waals surface area (Å²) in [5, 5.41) is 6.16. The van der Waals surface area contributed by atoms with Crippen molar-refractivity contribution < 1.29 is 9.53 Å². The molecule has 2 N–H and O–H groups in total. The Morgan fingerprint density at radius 3 is 2.93 bits per heavy atom. The van der Waals surface area contributed by atoms with E-state index in [1.165, 1.54) is 6.42 Å². The van der Waals surface area contributed by atoms with E-state index < -0.39 is 0 Å². The van der Waals surface area contributed by atoms with Gasteiger partial charge in [0.1, 0.15) is 0 Å². The molecule has 2 rings (SSSR count). The second-order valence-electron chi connectivity index (χ2n) is 4.38.